The van der Waals surface area contributed by atoms with Crippen LogP contribution in [-0.2, 0) is 18.0 Å². The highest BCUT2D eigenvalue weighted by molar-refractivity contribution is 6.34. The molecule has 102 valence electrons. The maximum atomic E-state index is 12.2. The lowest BCUT2D eigenvalue weighted by molar-refractivity contribution is 0.102. The maximum Gasteiger partial charge on any atom is 0.255 e. The molecule has 1 aliphatic heterocycles. The largest absolute Gasteiger partial charge is 0.508 e. The normalized spacial score (nSPS) is 13.1. The minimum absolute atomic E-state index is 0.0580. The zero-order valence-corrected chi connectivity index (χ0v) is 11.3. The monoisotopic (exact) mass is 289 g/mol. The molecule has 0 saturated carbocycles. The van der Waals surface area contributed by atoms with Crippen molar-refractivity contribution in [3.8, 4) is 5.75 Å². The number of amides is 1. The molecule has 0 unspecified atom stereocenters. The van der Waals surface area contributed by atoms with Gasteiger partial charge in [-0.1, -0.05) is 17.7 Å². The number of aromatic hydroxyl groups is 1. The summed E-state index contributed by atoms with van der Waals surface area (Å²) in [6.07, 6.45) is 0. The number of phenolic OH excluding ortho intramolecular Hbond substituents is 1. The summed E-state index contributed by atoms with van der Waals surface area (Å²) in [6, 6.07) is 9.90. The molecule has 0 radical (unpaired) electrons. The molecule has 1 aliphatic rings. The van der Waals surface area contributed by atoms with E-state index in [2.05, 4.69) is 5.32 Å². The van der Waals surface area contributed by atoms with Crippen molar-refractivity contribution in [1.82, 2.24) is 0 Å². The number of carbonyl (C=O) groups excluding carboxylic acids is 1. The summed E-state index contributed by atoms with van der Waals surface area (Å²) in [4.78, 5) is 12.2. The third-order valence-corrected chi connectivity index (χ3v) is 3.50. The van der Waals surface area contributed by atoms with Gasteiger partial charge >= 0.3 is 0 Å². The second kappa shape index (κ2) is 5.15. The van der Waals surface area contributed by atoms with Crippen molar-refractivity contribution in [2.24, 2.45) is 0 Å². The van der Waals surface area contributed by atoms with E-state index in [0.29, 0.717) is 29.5 Å². The van der Waals surface area contributed by atoms with Gasteiger partial charge < -0.3 is 15.2 Å². The van der Waals surface area contributed by atoms with Gasteiger partial charge in [0.05, 0.1) is 23.9 Å². The molecule has 0 saturated heterocycles. The van der Waals surface area contributed by atoms with Gasteiger partial charge in [0.15, 0.2) is 0 Å². The summed E-state index contributed by atoms with van der Waals surface area (Å²) >= 11 is 5.96. The number of carbonyl (C=O) groups is 1. The number of anilines is 1. The number of rotatable bonds is 2. The van der Waals surface area contributed by atoms with Crippen molar-refractivity contribution in [3.05, 3.63) is 58.1 Å². The van der Waals surface area contributed by atoms with Crippen molar-refractivity contribution in [1.29, 1.82) is 0 Å². The molecule has 5 heteroatoms. The highest BCUT2D eigenvalue weighted by Crippen LogP contribution is 2.27. The summed E-state index contributed by atoms with van der Waals surface area (Å²) in [7, 11) is 0. The highest BCUT2D eigenvalue weighted by Gasteiger charge is 2.15. The molecule has 20 heavy (non-hydrogen) atoms. The molecular weight excluding hydrogens is 278 g/mol. The summed E-state index contributed by atoms with van der Waals surface area (Å²) < 4.78 is 5.32. The molecule has 1 amide bonds. The molecule has 0 spiro atoms. The minimum Gasteiger partial charge on any atom is -0.508 e. The fraction of sp³-hybridized carbons (Fsp3) is 0.133. The summed E-state index contributed by atoms with van der Waals surface area (Å²) in [5.74, 6) is -0.185. The lowest BCUT2D eigenvalue weighted by atomic mass is 10.1. The van der Waals surface area contributed by atoms with E-state index in [1.54, 1.807) is 12.1 Å². The van der Waals surface area contributed by atoms with Crippen molar-refractivity contribution in [2.45, 2.75) is 13.2 Å². The quantitative estimate of drug-likeness (QED) is 0.834. The van der Waals surface area contributed by atoms with E-state index in [1.807, 2.05) is 12.1 Å². The summed E-state index contributed by atoms with van der Waals surface area (Å²) in [6.45, 7) is 1.14. The zero-order valence-electron chi connectivity index (χ0n) is 10.5. The first-order chi connectivity index (χ1) is 9.63. The summed E-state index contributed by atoms with van der Waals surface area (Å²) in [5.41, 5.74) is 3.17. The van der Waals surface area contributed by atoms with Crippen LogP contribution >= 0.6 is 11.6 Å². The smallest absolute Gasteiger partial charge is 0.255 e. The number of halogens is 1. The van der Waals surface area contributed by atoms with Gasteiger partial charge in [-0.15, -0.1) is 0 Å². The standard InChI is InChI=1S/C15H12ClNO3/c16-13-6-12(18)3-4-14(13)17-15(19)9-1-2-10-7-20-8-11(10)5-9/h1-6,18H,7-8H2,(H,17,19). The molecule has 0 aliphatic carbocycles. The Morgan fingerprint density at radius 1 is 1.15 bits per heavy atom. The Bertz CT molecular complexity index is 685. The topological polar surface area (TPSA) is 58.6 Å². The summed E-state index contributed by atoms with van der Waals surface area (Å²) in [5, 5.41) is 12.3. The van der Waals surface area contributed by atoms with E-state index in [-0.39, 0.29) is 11.7 Å². The maximum absolute atomic E-state index is 12.2. The van der Waals surface area contributed by atoms with Gasteiger partial charge in [0.2, 0.25) is 0 Å². The number of benzene rings is 2. The van der Waals surface area contributed by atoms with Gasteiger partial charge in [-0.3, -0.25) is 4.79 Å². The van der Waals surface area contributed by atoms with Crippen molar-refractivity contribution in [3.63, 3.8) is 0 Å². The molecule has 0 aromatic heterocycles. The Balaban J connectivity index is 1.82. The Morgan fingerprint density at radius 3 is 2.75 bits per heavy atom. The van der Waals surface area contributed by atoms with E-state index in [1.165, 1.54) is 12.1 Å². The molecule has 3 rings (SSSR count). The van der Waals surface area contributed by atoms with Gasteiger partial charge in [-0.25, -0.2) is 0 Å². The predicted molar refractivity (Wildman–Crippen MR) is 76.0 cm³/mol. The van der Waals surface area contributed by atoms with Crippen LogP contribution in [0, 0.1) is 0 Å². The van der Waals surface area contributed by atoms with E-state index in [0.717, 1.165) is 11.1 Å². The molecule has 0 bridgehead atoms. The van der Waals surface area contributed by atoms with Gasteiger partial charge in [-0.2, -0.15) is 0 Å². The Kier molecular flexibility index (Phi) is 3.34. The Hall–Kier alpha value is -2.04. The predicted octanol–water partition coefficient (Wildman–Crippen LogP) is 3.33. The van der Waals surface area contributed by atoms with Crippen LogP contribution < -0.4 is 5.32 Å². The molecule has 0 atom stereocenters. The van der Waals surface area contributed by atoms with Crippen LogP contribution in [0.3, 0.4) is 0 Å². The van der Waals surface area contributed by atoms with Crippen LogP contribution in [0.1, 0.15) is 21.5 Å². The second-order valence-corrected chi connectivity index (χ2v) is 5.00. The number of hydrogen-bond acceptors (Lipinski definition) is 3. The van der Waals surface area contributed by atoms with Gasteiger partial charge in [-0.05, 0) is 35.4 Å². The van der Waals surface area contributed by atoms with Crippen LogP contribution in [0.4, 0.5) is 5.69 Å². The minimum atomic E-state index is -0.243. The fourth-order valence-electron chi connectivity index (χ4n) is 2.11. The lowest BCUT2D eigenvalue weighted by Gasteiger charge is -2.08. The van der Waals surface area contributed by atoms with Crippen LogP contribution in [0.25, 0.3) is 0 Å². The van der Waals surface area contributed by atoms with E-state index in [9.17, 15) is 9.90 Å². The van der Waals surface area contributed by atoms with Gasteiger partial charge in [0, 0.05) is 11.6 Å². The third-order valence-electron chi connectivity index (χ3n) is 3.18. The number of nitrogens with one attached hydrogen (secondary N) is 1. The van der Waals surface area contributed by atoms with Gasteiger partial charge in [0.25, 0.3) is 5.91 Å². The molecule has 0 fully saturated rings. The first-order valence-electron chi connectivity index (χ1n) is 6.13. The van der Waals surface area contributed by atoms with Crippen LogP contribution in [-0.4, -0.2) is 11.0 Å². The number of hydrogen-bond donors (Lipinski definition) is 2. The van der Waals surface area contributed by atoms with Gasteiger partial charge in [0.1, 0.15) is 5.75 Å². The average Bonchev–Trinajstić information content (AvgIpc) is 2.89. The molecule has 2 aromatic carbocycles. The first-order valence-corrected chi connectivity index (χ1v) is 6.51. The highest BCUT2D eigenvalue weighted by atomic mass is 35.5. The number of ether oxygens (including phenoxy) is 1. The molecule has 4 nitrogen and oxygen atoms in total. The first kappa shape index (κ1) is 13.0. The lowest BCUT2D eigenvalue weighted by Crippen LogP contribution is -2.12. The van der Waals surface area contributed by atoms with Crippen molar-refractivity contribution < 1.29 is 14.6 Å². The zero-order chi connectivity index (χ0) is 14.1. The molecule has 1 heterocycles. The third kappa shape index (κ3) is 2.48. The van der Waals surface area contributed by atoms with E-state index in [4.69, 9.17) is 16.3 Å². The average molecular weight is 290 g/mol. The van der Waals surface area contributed by atoms with Crippen LogP contribution in [0.2, 0.25) is 5.02 Å². The molecular formula is C15H12ClNO3. The molecule has 2 aromatic rings. The Morgan fingerprint density at radius 2 is 1.95 bits per heavy atom. The SMILES string of the molecule is O=C(Nc1ccc(O)cc1Cl)c1ccc2c(c1)COC2. The van der Waals surface area contributed by atoms with Crippen LogP contribution in [0.5, 0.6) is 5.75 Å². The second-order valence-electron chi connectivity index (χ2n) is 4.59. The van der Waals surface area contributed by atoms with E-state index >= 15 is 0 Å². The Labute approximate surface area is 120 Å². The number of fused-ring (bicyclic) bond motifs is 1. The van der Waals surface area contributed by atoms with Crippen molar-refractivity contribution >= 4 is 23.2 Å². The fourth-order valence-corrected chi connectivity index (χ4v) is 2.34. The van der Waals surface area contributed by atoms with Crippen LogP contribution in [0.15, 0.2) is 36.4 Å². The van der Waals surface area contributed by atoms with E-state index < -0.39 is 0 Å². The van der Waals surface area contributed by atoms with Crippen molar-refractivity contribution in [2.75, 3.05) is 5.32 Å². The number of phenols is 1. The molecule has 2 N–H and O–H groups in total.